The van der Waals surface area contributed by atoms with Crippen LogP contribution in [0.5, 0.6) is 5.75 Å². The van der Waals surface area contributed by atoms with Crippen LogP contribution in [-0.4, -0.2) is 19.2 Å². The Hall–Kier alpha value is -1.09. The molecule has 0 saturated carbocycles. The lowest BCUT2D eigenvalue weighted by Gasteiger charge is -2.22. The Morgan fingerprint density at radius 1 is 1.24 bits per heavy atom. The molecule has 0 radical (unpaired) electrons. The van der Waals surface area contributed by atoms with Gasteiger partial charge in [0.05, 0.1) is 0 Å². The van der Waals surface area contributed by atoms with Crippen LogP contribution in [-0.2, 0) is 0 Å². The molecule has 3 heteroatoms. The number of nitrogens with one attached hydrogen (secondary N) is 1. The second-order valence-electron chi connectivity index (χ2n) is 4.57. The Morgan fingerprint density at radius 3 is 2.41 bits per heavy atom. The first kappa shape index (κ1) is 14.0. The van der Waals surface area contributed by atoms with Crippen LogP contribution in [0.2, 0.25) is 0 Å². The molecule has 1 aromatic carbocycles. The zero-order valence-corrected chi connectivity index (χ0v) is 10.9. The number of benzene rings is 1. The molecule has 1 rings (SSSR count). The summed E-state index contributed by atoms with van der Waals surface area (Å²) >= 11 is 0. The van der Waals surface area contributed by atoms with E-state index < -0.39 is 0 Å². The van der Waals surface area contributed by atoms with Crippen molar-refractivity contribution in [2.24, 2.45) is 5.92 Å². The highest BCUT2D eigenvalue weighted by Gasteiger charge is 2.12. The summed E-state index contributed by atoms with van der Waals surface area (Å²) < 4.78 is 18.4. The molecule has 96 valence electrons. The van der Waals surface area contributed by atoms with Crippen LogP contribution in [0.3, 0.4) is 0 Å². The van der Waals surface area contributed by atoms with E-state index >= 15 is 0 Å². The third-order valence-corrected chi connectivity index (χ3v) is 2.70. The monoisotopic (exact) mass is 239 g/mol. The summed E-state index contributed by atoms with van der Waals surface area (Å²) in [6, 6.07) is 6.48. The lowest BCUT2D eigenvalue weighted by Crippen LogP contribution is -2.39. The minimum absolute atomic E-state index is 0.234. The van der Waals surface area contributed by atoms with Crippen molar-refractivity contribution in [2.45, 2.75) is 33.2 Å². The third kappa shape index (κ3) is 5.18. The first-order valence-electron chi connectivity index (χ1n) is 6.25. The summed E-state index contributed by atoms with van der Waals surface area (Å²) in [5.74, 6) is 0.999. The van der Waals surface area contributed by atoms with Crippen LogP contribution in [0.25, 0.3) is 0 Å². The summed E-state index contributed by atoms with van der Waals surface area (Å²) in [7, 11) is 0. The van der Waals surface area contributed by atoms with Gasteiger partial charge in [-0.1, -0.05) is 20.8 Å². The van der Waals surface area contributed by atoms with E-state index in [2.05, 4.69) is 26.1 Å². The first-order valence-corrected chi connectivity index (χ1v) is 6.25. The van der Waals surface area contributed by atoms with Gasteiger partial charge in [0, 0.05) is 6.04 Å². The smallest absolute Gasteiger partial charge is 0.123 e. The molecule has 0 spiro atoms. The fraction of sp³-hybridized carbons (Fsp3) is 0.571. The number of hydrogen-bond acceptors (Lipinski definition) is 2. The predicted molar refractivity (Wildman–Crippen MR) is 68.8 cm³/mol. The highest BCUT2D eigenvalue weighted by molar-refractivity contribution is 5.22. The quantitative estimate of drug-likeness (QED) is 0.788. The summed E-state index contributed by atoms with van der Waals surface area (Å²) in [6.45, 7) is 8.09. The zero-order chi connectivity index (χ0) is 12.7. The maximum atomic E-state index is 12.7. The van der Waals surface area contributed by atoms with Crippen molar-refractivity contribution in [3.05, 3.63) is 30.1 Å². The molecule has 0 aliphatic rings. The Labute approximate surface area is 103 Å². The van der Waals surface area contributed by atoms with Gasteiger partial charge in [-0.3, -0.25) is 0 Å². The minimum atomic E-state index is -0.234. The van der Waals surface area contributed by atoms with E-state index in [0.717, 1.165) is 18.7 Å². The van der Waals surface area contributed by atoms with Crippen molar-refractivity contribution >= 4 is 0 Å². The van der Waals surface area contributed by atoms with Gasteiger partial charge in [-0.05, 0) is 43.1 Å². The van der Waals surface area contributed by atoms with Crippen LogP contribution >= 0.6 is 0 Å². The molecule has 0 bridgehead atoms. The van der Waals surface area contributed by atoms with Gasteiger partial charge in [-0.15, -0.1) is 0 Å². The molecule has 1 aromatic rings. The van der Waals surface area contributed by atoms with Gasteiger partial charge in [0.25, 0.3) is 0 Å². The third-order valence-electron chi connectivity index (χ3n) is 2.70. The molecule has 0 aliphatic carbocycles. The van der Waals surface area contributed by atoms with Gasteiger partial charge in [-0.25, -0.2) is 4.39 Å². The maximum absolute atomic E-state index is 12.7. The van der Waals surface area contributed by atoms with Crippen molar-refractivity contribution in [2.75, 3.05) is 13.2 Å². The standard InChI is InChI=1S/C14H22FNO/c1-4-9-16-14(11(2)3)10-17-13-7-5-12(15)6-8-13/h5-8,11,14,16H,4,9-10H2,1-3H3. The molecule has 0 aliphatic heterocycles. The van der Waals surface area contributed by atoms with Crippen molar-refractivity contribution < 1.29 is 9.13 Å². The van der Waals surface area contributed by atoms with Crippen LogP contribution < -0.4 is 10.1 Å². The Morgan fingerprint density at radius 2 is 1.88 bits per heavy atom. The van der Waals surface area contributed by atoms with E-state index in [4.69, 9.17) is 4.74 Å². The topological polar surface area (TPSA) is 21.3 Å². The molecule has 1 N–H and O–H groups in total. The maximum Gasteiger partial charge on any atom is 0.123 e. The molecule has 0 amide bonds. The SMILES string of the molecule is CCCNC(COc1ccc(F)cc1)C(C)C. The van der Waals surface area contributed by atoms with Gasteiger partial charge < -0.3 is 10.1 Å². The van der Waals surface area contributed by atoms with Crippen molar-refractivity contribution in [1.82, 2.24) is 5.32 Å². The van der Waals surface area contributed by atoms with Gasteiger partial charge in [0.15, 0.2) is 0 Å². The van der Waals surface area contributed by atoms with E-state index in [1.807, 2.05) is 0 Å². The number of ether oxygens (including phenoxy) is 1. The lowest BCUT2D eigenvalue weighted by atomic mass is 10.1. The molecule has 2 nitrogen and oxygen atoms in total. The van der Waals surface area contributed by atoms with Crippen molar-refractivity contribution in [3.8, 4) is 5.75 Å². The summed E-state index contributed by atoms with van der Waals surface area (Å²) in [6.07, 6.45) is 1.11. The lowest BCUT2D eigenvalue weighted by molar-refractivity contribution is 0.230. The minimum Gasteiger partial charge on any atom is -0.492 e. The normalized spacial score (nSPS) is 12.8. The zero-order valence-electron chi connectivity index (χ0n) is 10.9. The second kappa shape index (κ2) is 7.28. The van der Waals surface area contributed by atoms with Gasteiger partial charge in [0.2, 0.25) is 0 Å². The highest BCUT2D eigenvalue weighted by atomic mass is 19.1. The summed E-state index contributed by atoms with van der Waals surface area (Å²) in [5, 5.41) is 3.45. The van der Waals surface area contributed by atoms with E-state index in [9.17, 15) is 4.39 Å². The molecular weight excluding hydrogens is 217 g/mol. The van der Waals surface area contributed by atoms with Crippen LogP contribution in [0.1, 0.15) is 27.2 Å². The van der Waals surface area contributed by atoms with Gasteiger partial charge in [0.1, 0.15) is 18.2 Å². The van der Waals surface area contributed by atoms with Crippen LogP contribution in [0, 0.1) is 11.7 Å². The van der Waals surface area contributed by atoms with Crippen LogP contribution in [0.4, 0.5) is 4.39 Å². The number of halogens is 1. The highest BCUT2D eigenvalue weighted by Crippen LogP contribution is 2.12. The van der Waals surface area contributed by atoms with Crippen molar-refractivity contribution in [3.63, 3.8) is 0 Å². The van der Waals surface area contributed by atoms with Crippen LogP contribution in [0.15, 0.2) is 24.3 Å². The fourth-order valence-electron chi connectivity index (χ4n) is 1.53. The molecule has 0 saturated heterocycles. The van der Waals surface area contributed by atoms with E-state index in [-0.39, 0.29) is 5.82 Å². The predicted octanol–water partition coefficient (Wildman–Crippen LogP) is 3.23. The fourth-order valence-corrected chi connectivity index (χ4v) is 1.53. The average Bonchev–Trinajstić information content (AvgIpc) is 2.31. The first-order chi connectivity index (χ1) is 8.13. The second-order valence-corrected chi connectivity index (χ2v) is 4.57. The largest absolute Gasteiger partial charge is 0.492 e. The molecule has 1 unspecified atom stereocenters. The number of rotatable bonds is 7. The van der Waals surface area contributed by atoms with Gasteiger partial charge >= 0.3 is 0 Å². The van der Waals surface area contributed by atoms with E-state index in [0.29, 0.717) is 18.6 Å². The average molecular weight is 239 g/mol. The van der Waals surface area contributed by atoms with Gasteiger partial charge in [-0.2, -0.15) is 0 Å². The molecule has 1 atom stereocenters. The Bertz CT molecular complexity index is 311. The van der Waals surface area contributed by atoms with E-state index in [1.165, 1.54) is 12.1 Å². The Balaban J connectivity index is 2.43. The molecule has 0 fully saturated rings. The summed E-state index contributed by atoms with van der Waals surface area (Å²) in [4.78, 5) is 0. The van der Waals surface area contributed by atoms with E-state index in [1.54, 1.807) is 12.1 Å². The number of hydrogen-bond donors (Lipinski definition) is 1. The van der Waals surface area contributed by atoms with Crippen molar-refractivity contribution in [1.29, 1.82) is 0 Å². The molecule has 0 aromatic heterocycles. The molecule has 17 heavy (non-hydrogen) atoms. The molecular formula is C14H22FNO. The Kier molecular flexibility index (Phi) is 5.98. The summed E-state index contributed by atoms with van der Waals surface area (Å²) in [5.41, 5.74) is 0. The molecule has 0 heterocycles.